The van der Waals surface area contributed by atoms with Gasteiger partial charge in [0.1, 0.15) is 17.2 Å². The highest BCUT2D eigenvalue weighted by molar-refractivity contribution is 6.06. The predicted octanol–water partition coefficient (Wildman–Crippen LogP) is 2.70. The van der Waals surface area contributed by atoms with Crippen molar-refractivity contribution in [3.63, 3.8) is 0 Å². The molecule has 0 aliphatic rings. The molecule has 0 saturated heterocycles. The van der Waals surface area contributed by atoms with Crippen molar-refractivity contribution in [2.45, 2.75) is 0 Å². The molecule has 0 bridgehead atoms. The van der Waals surface area contributed by atoms with E-state index in [9.17, 15) is 15.0 Å². The molecule has 1 heterocycles. The molecule has 134 valence electrons. The summed E-state index contributed by atoms with van der Waals surface area (Å²) in [6, 6.07) is 9.13. The van der Waals surface area contributed by atoms with Gasteiger partial charge in [0.15, 0.2) is 0 Å². The van der Waals surface area contributed by atoms with E-state index in [1.54, 1.807) is 18.2 Å². The van der Waals surface area contributed by atoms with Gasteiger partial charge in [-0.2, -0.15) is 0 Å². The van der Waals surface area contributed by atoms with Crippen molar-refractivity contribution in [2.75, 3.05) is 21.3 Å². The normalized spacial score (nSPS) is 10.6. The summed E-state index contributed by atoms with van der Waals surface area (Å²) >= 11 is 0. The fraction of sp³-hybridized carbons (Fsp3) is 0.158. The van der Waals surface area contributed by atoms with Gasteiger partial charge in [0, 0.05) is 17.7 Å². The van der Waals surface area contributed by atoms with Gasteiger partial charge >= 0.3 is 5.97 Å². The molecule has 1 aromatic heterocycles. The maximum Gasteiger partial charge on any atom is 0.336 e. The lowest BCUT2D eigenvalue weighted by atomic mass is 10.0. The van der Waals surface area contributed by atoms with E-state index in [4.69, 9.17) is 14.2 Å². The second-order valence-corrected chi connectivity index (χ2v) is 5.45. The van der Waals surface area contributed by atoms with Crippen LogP contribution < -0.4 is 19.3 Å². The van der Waals surface area contributed by atoms with Crippen LogP contribution in [0.1, 0.15) is 10.4 Å². The van der Waals surface area contributed by atoms with E-state index in [-0.39, 0.29) is 17.1 Å². The first-order valence-electron chi connectivity index (χ1n) is 7.64. The van der Waals surface area contributed by atoms with Crippen LogP contribution in [0.2, 0.25) is 0 Å². The van der Waals surface area contributed by atoms with Crippen molar-refractivity contribution >= 4 is 16.9 Å². The zero-order valence-corrected chi connectivity index (χ0v) is 14.4. The molecule has 7 heteroatoms. The number of aromatic nitrogens is 1. The number of methoxy groups -OCH3 is 3. The van der Waals surface area contributed by atoms with Crippen molar-refractivity contribution in [3.8, 4) is 34.3 Å². The topological polar surface area (TPSA) is 101 Å². The first-order valence-corrected chi connectivity index (χ1v) is 7.64. The molecule has 3 rings (SSSR count). The molecule has 2 aromatic carbocycles. The Morgan fingerprint density at radius 3 is 2.35 bits per heavy atom. The SMILES string of the molecule is COc1cc(OC)c2c(C(=O)O)cc(-c3ccc([O-])c(OC)c3)nc2c1. The highest BCUT2D eigenvalue weighted by Crippen LogP contribution is 2.36. The molecule has 0 aliphatic heterocycles. The molecule has 0 radical (unpaired) electrons. The predicted molar refractivity (Wildman–Crippen MR) is 93.2 cm³/mol. The maximum absolute atomic E-state index is 11.8. The standard InChI is InChI=1S/C19H17NO6/c1-24-11-7-14-18(17(8-11)26-3)12(19(22)23)9-13(20-14)10-4-5-15(21)16(6-10)25-2/h4-9,21H,1-3H3,(H,22,23)/p-1. The number of hydrogen-bond donors (Lipinski definition) is 1. The van der Waals surface area contributed by atoms with E-state index in [0.29, 0.717) is 33.7 Å². The zero-order chi connectivity index (χ0) is 18.8. The number of pyridine rings is 1. The van der Waals surface area contributed by atoms with E-state index >= 15 is 0 Å². The number of carbonyl (C=O) groups is 1. The van der Waals surface area contributed by atoms with Crippen molar-refractivity contribution in [1.29, 1.82) is 0 Å². The van der Waals surface area contributed by atoms with Crippen LogP contribution in [0.15, 0.2) is 36.4 Å². The number of carboxylic acid groups (broad SMARTS) is 1. The van der Waals surface area contributed by atoms with E-state index < -0.39 is 5.97 Å². The van der Waals surface area contributed by atoms with Gasteiger partial charge in [-0.05, 0) is 12.1 Å². The molecule has 0 saturated carbocycles. The second kappa shape index (κ2) is 6.79. The van der Waals surface area contributed by atoms with Crippen molar-refractivity contribution in [3.05, 3.63) is 42.0 Å². The number of aromatic carboxylic acids is 1. The Kier molecular flexibility index (Phi) is 4.53. The molecule has 0 fully saturated rings. The fourth-order valence-electron chi connectivity index (χ4n) is 2.73. The summed E-state index contributed by atoms with van der Waals surface area (Å²) in [5.41, 5.74) is 1.40. The third kappa shape index (κ3) is 2.95. The van der Waals surface area contributed by atoms with E-state index in [1.807, 2.05) is 0 Å². The first-order chi connectivity index (χ1) is 12.5. The van der Waals surface area contributed by atoms with E-state index in [2.05, 4.69) is 4.98 Å². The lowest BCUT2D eigenvalue weighted by Crippen LogP contribution is -2.03. The lowest BCUT2D eigenvalue weighted by molar-refractivity contribution is -0.270. The molecule has 7 nitrogen and oxygen atoms in total. The van der Waals surface area contributed by atoms with Crippen LogP contribution in [0, 0.1) is 0 Å². The Bertz CT molecular complexity index is 999. The Labute approximate surface area is 149 Å². The number of rotatable bonds is 5. The minimum Gasteiger partial charge on any atom is -0.870 e. The van der Waals surface area contributed by atoms with Crippen LogP contribution in [0.25, 0.3) is 22.2 Å². The van der Waals surface area contributed by atoms with Crippen molar-refractivity contribution in [2.24, 2.45) is 0 Å². The minimum atomic E-state index is -1.12. The summed E-state index contributed by atoms with van der Waals surface area (Å²) in [5, 5.41) is 21.7. The van der Waals surface area contributed by atoms with Crippen LogP contribution in [-0.4, -0.2) is 37.4 Å². The molecule has 1 N–H and O–H groups in total. The Balaban J connectivity index is 2.33. The smallest absolute Gasteiger partial charge is 0.336 e. The van der Waals surface area contributed by atoms with Gasteiger partial charge in [0.2, 0.25) is 0 Å². The highest BCUT2D eigenvalue weighted by atomic mass is 16.5. The summed E-state index contributed by atoms with van der Waals surface area (Å²) in [6.45, 7) is 0. The molecule has 0 atom stereocenters. The summed E-state index contributed by atoms with van der Waals surface area (Å²) in [6.07, 6.45) is 0. The molecule has 0 amide bonds. The number of hydrogen-bond acceptors (Lipinski definition) is 6. The molecular formula is C19H16NO6-. The average molecular weight is 354 g/mol. The Hall–Kier alpha value is -3.48. The van der Waals surface area contributed by atoms with Crippen molar-refractivity contribution < 1.29 is 29.2 Å². The second-order valence-electron chi connectivity index (χ2n) is 5.45. The van der Waals surface area contributed by atoms with Gasteiger partial charge in [-0.3, -0.25) is 0 Å². The molecule has 0 unspecified atom stereocenters. The van der Waals surface area contributed by atoms with Crippen LogP contribution in [0.4, 0.5) is 0 Å². The first kappa shape index (κ1) is 17.3. The summed E-state index contributed by atoms with van der Waals surface area (Å²) < 4.78 is 15.6. The summed E-state index contributed by atoms with van der Waals surface area (Å²) in [5.74, 6) is -0.385. The van der Waals surface area contributed by atoms with Crippen LogP contribution in [-0.2, 0) is 0 Å². The van der Waals surface area contributed by atoms with Crippen LogP contribution >= 0.6 is 0 Å². The third-order valence-corrected chi connectivity index (χ3v) is 3.99. The van der Waals surface area contributed by atoms with Gasteiger partial charge in [-0.15, -0.1) is 0 Å². The maximum atomic E-state index is 11.8. The van der Waals surface area contributed by atoms with Gasteiger partial charge in [0.25, 0.3) is 0 Å². The molecule has 0 aliphatic carbocycles. The van der Waals surface area contributed by atoms with Gasteiger partial charge < -0.3 is 24.4 Å². The fourth-order valence-corrected chi connectivity index (χ4v) is 2.73. The van der Waals surface area contributed by atoms with Crippen LogP contribution in [0.5, 0.6) is 23.0 Å². The quantitative estimate of drug-likeness (QED) is 0.751. The summed E-state index contributed by atoms with van der Waals surface area (Å²) in [7, 11) is 4.35. The molecule has 26 heavy (non-hydrogen) atoms. The lowest BCUT2D eigenvalue weighted by Gasteiger charge is -2.15. The number of benzene rings is 2. The van der Waals surface area contributed by atoms with E-state index in [1.165, 1.54) is 39.5 Å². The number of fused-ring (bicyclic) bond motifs is 1. The van der Waals surface area contributed by atoms with Crippen molar-refractivity contribution in [1.82, 2.24) is 4.98 Å². The summed E-state index contributed by atoms with van der Waals surface area (Å²) in [4.78, 5) is 16.3. The van der Waals surface area contributed by atoms with E-state index in [0.717, 1.165) is 0 Å². The van der Waals surface area contributed by atoms with Gasteiger partial charge in [-0.1, -0.05) is 17.9 Å². The van der Waals surface area contributed by atoms with Crippen LogP contribution in [0.3, 0.4) is 0 Å². The third-order valence-electron chi connectivity index (χ3n) is 3.99. The average Bonchev–Trinajstić information content (AvgIpc) is 2.66. The minimum absolute atomic E-state index is 0.0367. The molecular weight excluding hydrogens is 338 g/mol. The Morgan fingerprint density at radius 1 is 1.00 bits per heavy atom. The number of nitrogens with zero attached hydrogens (tertiary/aromatic N) is 1. The molecule has 0 spiro atoms. The highest BCUT2D eigenvalue weighted by Gasteiger charge is 2.18. The van der Waals surface area contributed by atoms with Gasteiger partial charge in [0.05, 0.1) is 43.5 Å². The molecule has 3 aromatic rings. The Morgan fingerprint density at radius 2 is 1.73 bits per heavy atom. The zero-order valence-electron chi connectivity index (χ0n) is 14.4. The monoisotopic (exact) mass is 354 g/mol. The number of carboxylic acids is 1. The van der Waals surface area contributed by atoms with Gasteiger partial charge in [-0.25, -0.2) is 9.78 Å². The largest absolute Gasteiger partial charge is 0.870 e. The number of ether oxygens (including phenoxy) is 3.